The van der Waals surface area contributed by atoms with Crippen LogP contribution in [0.3, 0.4) is 0 Å². The Morgan fingerprint density at radius 1 is 1.10 bits per heavy atom. The highest BCUT2D eigenvalue weighted by Crippen LogP contribution is 2.15. The summed E-state index contributed by atoms with van der Waals surface area (Å²) in [6.07, 6.45) is 5.17. The fourth-order valence-electron chi connectivity index (χ4n) is 2.08. The van der Waals surface area contributed by atoms with E-state index in [-0.39, 0.29) is 5.78 Å². The topological polar surface area (TPSA) is 33.2 Å². The maximum Gasteiger partial charge on any atom is 0.162 e. The Balaban J connectivity index is 1.95. The molecule has 3 heteroatoms. The second-order valence-electron chi connectivity index (χ2n) is 4.85. The Morgan fingerprint density at radius 3 is 2.35 bits per heavy atom. The van der Waals surface area contributed by atoms with Gasteiger partial charge in [0.15, 0.2) is 5.78 Å². The lowest BCUT2D eigenvalue weighted by Crippen LogP contribution is -2.20. The molecule has 104 valence electrons. The van der Waals surface area contributed by atoms with Gasteiger partial charge in [0.25, 0.3) is 0 Å². The normalized spacial score (nSPS) is 10.3. The molecule has 2 aromatic rings. The number of pyridine rings is 1. The van der Waals surface area contributed by atoms with Gasteiger partial charge in [-0.1, -0.05) is 6.92 Å². The smallest absolute Gasteiger partial charge is 0.162 e. The van der Waals surface area contributed by atoms with E-state index in [1.54, 1.807) is 0 Å². The molecule has 0 aliphatic heterocycles. The van der Waals surface area contributed by atoms with E-state index < -0.39 is 0 Å². The number of rotatable bonds is 6. The number of carbonyl (C=O) groups is 1. The standard InChI is InChI=1S/C17H20N2O/c1-3-17(20)15-4-6-16(7-5-15)19(2)13-10-14-8-11-18-12-9-14/h4-9,11-12H,3,10,13H2,1-2H3. The summed E-state index contributed by atoms with van der Waals surface area (Å²) in [5.41, 5.74) is 3.20. The number of benzene rings is 1. The van der Waals surface area contributed by atoms with Crippen LogP contribution < -0.4 is 4.90 Å². The van der Waals surface area contributed by atoms with Gasteiger partial charge < -0.3 is 4.90 Å². The number of ketones is 1. The van der Waals surface area contributed by atoms with Crippen LogP contribution in [0.5, 0.6) is 0 Å². The van der Waals surface area contributed by atoms with Gasteiger partial charge in [-0.2, -0.15) is 0 Å². The highest BCUT2D eigenvalue weighted by atomic mass is 16.1. The zero-order chi connectivity index (χ0) is 14.4. The summed E-state index contributed by atoms with van der Waals surface area (Å²) < 4.78 is 0. The van der Waals surface area contributed by atoms with E-state index in [1.165, 1.54) is 5.56 Å². The minimum Gasteiger partial charge on any atom is -0.374 e. The molecule has 0 spiro atoms. The third kappa shape index (κ3) is 3.67. The van der Waals surface area contributed by atoms with Crippen molar-refractivity contribution in [1.29, 1.82) is 0 Å². The summed E-state index contributed by atoms with van der Waals surface area (Å²) in [6, 6.07) is 11.9. The number of nitrogens with zero attached hydrogens (tertiary/aromatic N) is 2. The molecule has 0 unspecified atom stereocenters. The van der Waals surface area contributed by atoms with Gasteiger partial charge in [-0.3, -0.25) is 9.78 Å². The first-order valence-corrected chi connectivity index (χ1v) is 6.94. The molecule has 0 bridgehead atoms. The van der Waals surface area contributed by atoms with Gasteiger partial charge in [-0.05, 0) is 48.4 Å². The molecular weight excluding hydrogens is 248 g/mol. The van der Waals surface area contributed by atoms with E-state index in [4.69, 9.17) is 0 Å². The van der Waals surface area contributed by atoms with Gasteiger partial charge in [0.1, 0.15) is 0 Å². The van der Waals surface area contributed by atoms with E-state index in [0.29, 0.717) is 6.42 Å². The molecule has 0 aliphatic rings. The second-order valence-corrected chi connectivity index (χ2v) is 4.85. The average Bonchev–Trinajstić information content (AvgIpc) is 2.53. The van der Waals surface area contributed by atoms with Crippen molar-refractivity contribution >= 4 is 11.5 Å². The first kappa shape index (κ1) is 14.3. The van der Waals surface area contributed by atoms with Crippen molar-refractivity contribution in [3.05, 3.63) is 59.9 Å². The van der Waals surface area contributed by atoms with Gasteiger partial charge in [0, 0.05) is 43.7 Å². The van der Waals surface area contributed by atoms with Gasteiger partial charge in [0.05, 0.1) is 0 Å². The second kappa shape index (κ2) is 6.85. The van der Waals surface area contributed by atoms with Crippen LogP contribution in [-0.4, -0.2) is 24.4 Å². The van der Waals surface area contributed by atoms with Crippen molar-refractivity contribution in [2.75, 3.05) is 18.5 Å². The molecule has 0 N–H and O–H groups in total. The quantitative estimate of drug-likeness (QED) is 0.753. The van der Waals surface area contributed by atoms with Gasteiger partial charge in [-0.15, -0.1) is 0 Å². The molecule has 0 aliphatic carbocycles. The minimum absolute atomic E-state index is 0.191. The number of hydrogen-bond donors (Lipinski definition) is 0. The van der Waals surface area contributed by atoms with Crippen LogP contribution in [0.25, 0.3) is 0 Å². The van der Waals surface area contributed by atoms with Crippen LogP contribution in [0.2, 0.25) is 0 Å². The minimum atomic E-state index is 0.191. The highest BCUT2D eigenvalue weighted by molar-refractivity contribution is 5.96. The number of carbonyl (C=O) groups excluding carboxylic acids is 1. The molecule has 0 amide bonds. The molecule has 0 saturated carbocycles. The Bertz CT molecular complexity index is 549. The van der Waals surface area contributed by atoms with Crippen molar-refractivity contribution in [2.24, 2.45) is 0 Å². The fourth-order valence-corrected chi connectivity index (χ4v) is 2.08. The van der Waals surface area contributed by atoms with Crippen molar-refractivity contribution in [3.63, 3.8) is 0 Å². The molecule has 1 aromatic carbocycles. The SMILES string of the molecule is CCC(=O)c1ccc(N(C)CCc2ccncc2)cc1. The molecule has 0 radical (unpaired) electrons. The summed E-state index contributed by atoms with van der Waals surface area (Å²) in [5, 5.41) is 0. The number of Topliss-reactive ketones (excluding diaryl/α,β-unsaturated/α-hetero) is 1. The summed E-state index contributed by atoms with van der Waals surface area (Å²) in [5.74, 6) is 0.191. The highest BCUT2D eigenvalue weighted by Gasteiger charge is 2.05. The monoisotopic (exact) mass is 268 g/mol. The molecule has 20 heavy (non-hydrogen) atoms. The van der Waals surface area contributed by atoms with Crippen molar-refractivity contribution in [2.45, 2.75) is 19.8 Å². The number of hydrogen-bond acceptors (Lipinski definition) is 3. The Kier molecular flexibility index (Phi) is 4.88. The van der Waals surface area contributed by atoms with Crippen molar-refractivity contribution in [1.82, 2.24) is 4.98 Å². The molecule has 0 fully saturated rings. The lowest BCUT2D eigenvalue weighted by molar-refractivity contribution is 0.0988. The maximum atomic E-state index is 11.6. The molecule has 3 nitrogen and oxygen atoms in total. The van der Waals surface area contributed by atoms with Crippen LogP contribution in [0.15, 0.2) is 48.8 Å². The van der Waals surface area contributed by atoms with Gasteiger partial charge in [-0.25, -0.2) is 0 Å². The zero-order valence-electron chi connectivity index (χ0n) is 12.0. The molecular formula is C17H20N2O. The molecule has 1 heterocycles. The molecule has 2 rings (SSSR count). The number of aromatic nitrogens is 1. The first-order chi connectivity index (χ1) is 9.70. The van der Waals surface area contributed by atoms with Crippen LogP contribution in [0.1, 0.15) is 29.3 Å². The molecule has 0 saturated heterocycles. The van der Waals surface area contributed by atoms with Gasteiger partial charge in [0.2, 0.25) is 0 Å². The largest absolute Gasteiger partial charge is 0.374 e. The van der Waals surface area contributed by atoms with E-state index in [1.807, 2.05) is 55.7 Å². The third-order valence-electron chi connectivity index (χ3n) is 3.44. The van der Waals surface area contributed by atoms with Gasteiger partial charge >= 0.3 is 0 Å². The van der Waals surface area contributed by atoms with E-state index in [2.05, 4.69) is 16.9 Å². The van der Waals surface area contributed by atoms with Crippen LogP contribution in [0, 0.1) is 0 Å². The Morgan fingerprint density at radius 2 is 1.75 bits per heavy atom. The van der Waals surface area contributed by atoms with Crippen LogP contribution in [-0.2, 0) is 6.42 Å². The van der Waals surface area contributed by atoms with E-state index in [9.17, 15) is 4.79 Å². The Labute approximate surface area is 120 Å². The average molecular weight is 268 g/mol. The lowest BCUT2D eigenvalue weighted by Gasteiger charge is -2.19. The third-order valence-corrected chi connectivity index (χ3v) is 3.44. The fraction of sp³-hybridized carbons (Fsp3) is 0.294. The molecule has 1 aromatic heterocycles. The number of anilines is 1. The first-order valence-electron chi connectivity index (χ1n) is 6.94. The summed E-state index contributed by atoms with van der Waals surface area (Å²) in [6.45, 7) is 2.82. The zero-order valence-corrected chi connectivity index (χ0v) is 12.0. The lowest BCUT2D eigenvalue weighted by atomic mass is 10.1. The molecule has 0 atom stereocenters. The summed E-state index contributed by atoms with van der Waals surface area (Å²) in [7, 11) is 2.07. The van der Waals surface area contributed by atoms with E-state index in [0.717, 1.165) is 24.2 Å². The van der Waals surface area contributed by atoms with Crippen LogP contribution in [0.4, 0.5) is 5.69 Å². The van der Waals surface area contributed by atoms with Crippen molar-refractivity contribution < 1.29 is 4.79 Å². The maximum absolute atomic E-state index is 11.6. The number of likely N-dealkylation sites (N-methyl/N-ethyl adjacent to an activating group) is 1. The summed E-state index contributed by atoms with van der Waals surface area (Å²) in [4.78, 5) is 17.8. The van der Waals surface area contributed by atoms with Crippen LogP contribution >= 0.6 is 0 Å². The predicted octanol–water partition coefficient (Wildman–Crippen LogP) is 3.35. The predicted molar refractivity (Wildman–Crippen MR) is 82.3 cm³/mol. The Hall–Kier alpha value is -2.16. The van der Waals surface area contributed by atoms with E-state index >= 15 is 0 Å². The van der Waals surface area contributed by atoms with Crippen molar-refractivity contribution in [3.8, 4) is 0 Å². The summed E-state index contributed by atoms with van der Waals surface area (Å²) >= 11 is 0.